The van der Waals surface area contributed by atoms with Gasteiger partial charge in [0.1, 0.15) is 25.8 Å². The number of hydrogen-bond donors (Lipinski definition) is 1. The highest BCUT2D eigenvalue weighted by Crippen LogP contribution is 2.34. The summed E-state index contributed by atoms with van der Waals surface area (Å²) < 4.78 is 38.2. The van der Waals surface area contributed by atoms with Gasteiger partial charge in [-0.25, -0.2) is 8.42 Å². The first-order valence-corrected chi connectivity index (χ1v) is 15.1. The van der Waals surface area contributed by atoms with E-state index in [2.05, 4.69) is 5.32 Å². The first kappa shape index (κ1) is 28.9. The standard InChI is InChI=1S/C30H35N3O6S/c1-3-16-31-30(35)26(19-23-10-6-4-7-11-23)32(21-24-12-8-5-9-13-24)29(34)22-33(40(2,36)37)25-14-15-27-28(20-25)39-18-17-38-27/h4-15,20,26H,3,16-19,21-22H2,1-2H3,(H,31,35)/t26-/m1/s1. The summed E-state index contributed by atoms with van der Waals surface area (Å²) in [6, 6.07) is 22.7. The summed E-state index contributed by atoms with van der Waals surface area (Å²) in [7, 11) is -3.88. The van der Waals surface area contributed by atoms with Gasteiger partial charge in [-0.1, -0.05) is 67.6 Å². The maximum atomic E-state index is 14.1. The van der Waals surface area contributed by atoms with E-state index in [1.807, 2.05) is 67.6 Å². The van der Waals surface area contributed by atoms with E-state index in [-0.39, 0.29) is 24.6 Å². The molecule has 4 rings (SSSR count). The summed E-state index contributed by atoms with van der Waals surface area (Å²) in [6.07, 6.45) is 2.06. The average Bonchev–Trinajstić information content (AvgIpc) is 2.96. The summed E-state index contributed by atoms with van der Waals surface area (Å²) in [6.45, 7) is 2.80. The van der Waals surface area contributed by atoms with Crippen molar-refractivity contribution in [1.29, 1.82) is 0 Å². The molecule has 1 atom stereocenters. The molecule has 0 spiro atoms. The molecule has 0 radical (unpaired) electrons. The maximum Gasteiger partial charge on any atom is 0.244 e. The van der Waals surface area contributed by atoms with Gasteiger partial charge in [-0.15, -0.1) is 0 Å². The molecule has 2 amide bonds. The number of sulfonamides is 1. The second kappa shape index (κ2) is 13.3. The van der Waals surface area contributed by atoms with Crippen molar-refractivity contribution in [2.45, 2.75) is 32.4 Å². The molecule has 9 nitrogen and oxygen atoms in total. The van der Waals surface area contributed by atoms with Crippen LogP contribution in [0.4, 0.5) is 5.69 Å². The molecule has 0 unspecified atom stereocenters. The van der Waals surface area contributed by atoms with E-state index < -0.39 is 28.5 Å². The predicted octanol–water partition coefficient (Wildman–Crippen LogP) is 3.39. The molecule has 0 aromatic heterocycles. The number of carbonyl (C=O) groups is 2. The Balaban J connectivity index is 1.70. The normalized spacial score (nSPS) is 13.2. The Morgan fingerprint density at radius 3 is 2.15 bits per heavy atom. The number of ether oxygens (including phenoxy) is 2. The Bertz CT molecular complexity index is 1400. The average molecular weight is 566 g/mol. The summed E-state index contributed by atoms with van der Waals surface area (Å²) in [4.78, 5) is 29.0. The van der Waals surface area contributed by atoms with E-state index in [1.165, 1.54) is 4.90 Å². The first-order valence-electron chi connectivity index (χ1n) is 13.3. The molecule has 1 aliphatic heterocycles. The van der Waals surface area contributed by atoms with Crippen LogP contribution in [-0.4, -0.2) is 63.7 Å². The number of carbonyl (C=O) groups excluding carboxylic acids is 2. The fourth-order valence-electron chi connectivity index (χ4n) is 4.50. The van der Waals surface area contributed by atoms with Crippen molar-refractivity contribution in [3.8, 4) is 11.5 Å². The fraction of sp³-hybridized carbons (Fsp3) is 0.333. The molecule has 0 saturated heterocycles. The quantitative estimate of drug-likeness (QED) is 0.361. The van der Waals surface area contributed by atoms with Crippen molar-refractivity contribution < 1.29 is 27.5 Å². The molecular weight excluding hydrogens is 530 g/mol. The van der Waals surface area contributed by atoms with Crippen LogP contribution in [0.3, 0.4) is 0 Å². The molecule has 40 heavy (non-hydrogen) atoms. The van der Waals surface area contributed by atoms with Gasteiger partial charge in [0.25, 0.3) is 0 Å². The minimum atomic E-state index is -3.88. The second-order valence-electron chi connectivity index (χ2n) is 9.60. The molecule has 3 aromatic carbocycles. The monoisotopic (exact) mass is 565 g/mol. The Morgan fingerprint density at radius 1 is 0.900 bits per heavy atom. The lowest BCUT2D eigenvalue weighted by atomic mass is 10.0. The summed E-state index contributed by atoms with van der Waals surface area (Å²) >= 11 is 0. The molecule has 1 heterocycles. The van der Waals surface area contributed by atoms with Crippen molar-refractivity contribution in [3.05, 3.63) is 90.0 Å². The molecule has 10 heteroatoms. The molecule has 0 fully saturated rings. The van der Waals surface area contributed by atoms with Crippen molar-refractivity contribution in [2.75, 3.05) is 36.9 Å². The molecule has 0 saturated carbocycles. The highest BCUT2D eigenvalue weighted by atomic mass is 32.2. The van der Waals surface area contributed by atoms with Crippen LogP contribution in [0, 0.1) is 0 Å². The zero-order valence-corrected chi connectivity index (χ0v) is 23.6. The second-order valence-corrected chi connectivity index (χ2v) is 11.5. The van der Waals surface area contributed by atoms with E-state index in [0.717, 1.165) is 28.1 Å². The van der Waals surface area contributed by atoms with Crippen molar-refractivity contribution in [3.63, 3.8) is 0 Å². The molecular formula is C30H35N3O6S. The Labute approximate surface area is 235 Å². The zero-order chi connectivity index (χ0) is 28.5. The van der Waals surface area contributed by atoms with Gasteiger partial charge in [-0.2, -0.15) is 0 Å². The maximum absolute atomic E-state index is 14.1. The molecule has 1 aliphatic rings. The van der Waals surface area contributed by atoms with Crippen LogP contribution in [0.15, 0.2) is 78.9 Å². The van der Waals surface area contributed by atoms with E-state index in [9.17, 15) is 18.0 Å². The van der Waals surface area contributed by atoms with Gasteiger partial charge in [-0.3, -0.25) is 13.9 Å². The Morgan fingerprint density at radius 2 is 1.52 bits per heavy atom. The minimum absolute atomic E-state index is 0.134. The Hall–Kier alpha value is -4.05. The van der Waals surface area contributed by atoms with Crippen LogP contribution in [0.1, 0.15) is 24.5 Å². The van der Waals surface area contributed by atoms with E-state index in [0.29, 0.717) is 31.3 Å². The topological polar surface area (TPSA) is 105 Å². The van der Waals surface area contributed by atoms with Gasteiger partial charge in [0.05, 0.1) is 11.9 Å². The number of nitrogens with zero attached hydrogens (tertiary/aromatic N) is 2. The zero-order valence-electron chi connectivity index (χ0n) is 22.8. The lowest BCUT2D eigenvalue weighted by molar-refractivity contribution is -0.140. The number of anilines is 1. The van der Waals surface area contributed by atoms with Gasteiger partial charge in [0.2, 0.25) is 21.8 Å². The predicted molar refractivity (Wildman–Crippen MR) is 154 cm³/mol. The van der Waals surface area contributed by atoms with Crippen molar-refractivity contribution in [2.24, 2.45) is 0 Å². The Kier molecular flexibility index (Phi) is 9.65. The summed E-state index contributed by atoms with van der Waals surface area (Å²) in [5.41, 5.74) is 1.98. The molecule has 3 aromatic rings. The van der Waals surface area contributed by atoms with Crippen LogP contribution in [0.2, 0.25) is 0 Å². The molecule has 1 N–H and O–H groups in total. The van der Waals surface area contributed by atoms with Gasteiger partial charge < -0.3 is 19.7 Å². The first-order chi connectivity index (χ1) is 19.3. The minimum Gasteiger partial charge on any atom is -0.486 e. The van der Waals surface area contributed by atoms with Gasteiger partial charge in [0, 0.05) is 25.6 Å². The third-order valence-electron chi connectivity index (χ3n) is 6.51. The SMILES string of the molecule is CCCNC(=O)[C@@H](Cc1ccccc1)N(Cc1ccccc1)C(=O)CN(c1ccc2c(c1)OCCO2)S(C)(=O)=O. The largest absolute Gasteiger partial charge is 0.486 e. The molecule has 212 valence electrons. The smallest absolute Gasteiger partial charge is 0.244 e. The molecule has 0 bridgehead atoms. The third-order valence-corrected chi connectivity index (χ3v) is 7.65. The summed E-state index contributed by atoms with van der Waals surface area (Å²) in [5, 5.41) is 2.93. The number of hydrogen-bond acceptors (Lipinski definition) is 6. The molecule has 0 aliphatic carbocycles. The van der Waals surface area contributed by atoms with Gasteiger partial charge in [0.15, 0.2) is 11.5 Å². The van der Waals surface area contributed by atoms with Gasteiger partial charge in [-0.05, 0) is 29.7 Å². The van der Waals surface area contributed by atoms with Crippen LogP contribution in [0.25, 0.3) is 0 Å². The highest BCUT2D eigenvalue weighted by molar-refractivity contribution is 7.92. The van der Waals surface area contributed by atoms with Crippen LogP contribution in [0.5, 0.6) is 11.5 Å². The van der Waals surface area contributed by atoms with Crippen LogP contribution >= 0.6 is 0 Å². The van der Waals surface area contributed by atoms with Gasteiger partial charge >= 0.3 is 0 Å². The fourth-order valence-corrected chi connectivity index (χ4v) is 5.34. The highest BCUT2D eigenvalue weighted by Gasteiger charge is 2.33. The van der Waals surface area contributed by atoms with E-state index >= 15 is 0 Å². The van der Waals surface area contributed by atoms with E-state index in [4.69, 9.17) is 9.47 Å². The summed E-state index contributed by atoms with van der Waals surface area (Å²) in [5.74, 6) is 0.125. The van der Waals surface area contributed by atoms with E-state index in [1.54, 1.807) is 18.2 Å². The van der Waals surface area contributed by atoms with Crippen molar-refractivity contribution in [1.82, 2.24) is 10.2 Å². The number of amides is 2. The lowest BCUT2D eigenvalue weighted by Gasteiger charge is -2.33. The lowest BCUT2D eigenvalue weighted by Crippen LogP contribution is -2.53. The number of nitrogens with one attached hydrogen (secondary N) is 1. The van der Waals surface area contributed by atoms with Crippen LogP contribution in [-0.2, 0) is 32.6 Å². The number of fused-ring (bicyclic) bond motifs is 1. The number of benzene rings is 3. The number of rotatable bonds is 12. The van der Waals surface area contributed by atoms with Crippen LogP contribution < -0.4 is 19.1 Å². The third kappa shape index (κ3) is 7.53. The van der Waals surface area contributed by atoms with Crippen molar-refractivity contribution >= 4 is 27.5 Å².